The summed E-state index contributed by atoms with van der Waals surface area (Å²) in [4.78, 5) is 10.8. The fourth-order valence-corrected chi connectivity index (χ4v) is 1.02. The normalized spacial score (nSPS) is 8.87. The molecule has 0 atom stereocenters. The third kappa shape index (κ3) is 2.92. The molecule has 0 aliphatic carbocycles. The van der Waals surface area contributed by atoms with E-state index in [0.717, 1.165) is 16.8 Å². The van der Waals surface area contributed by atoms with Gasteiger partial charge in [0.15, 0.2) is 0 Å². The van der Waals surface area contributed by atoms with E-state index >= 15 is 0 Å². The van der Waals surface area contributed by atoms with Crippen LogP contribution in [0.4, 0.5) is 10.5 Å². The van der Waals surface area contributed by atoms with E-state index in [1.54, 1.807) is 6.07 Å². The van der Waals surface area contributed by atoms with E-state index in [0.29, 0.717) is 0 Å². The number of methoxy groups -OCH3 is 1. The number of anilines is 1. The molecule has 0 aliphatic heterocycles. The summed E-state index contributed by atoms with van der Waals surface area (Å²) in [6.45, 7) is 1.90. The lowest BCUT2D eigenvalue weighted by Gasteiger charge is -2.10. The molecular formula is C11H12N2O2. The maximum atomic E-state index is 10.8. The van der Waals surface area contributed by atoms with Gasteiger partial charge < -0.3 is 4.74 Å². The highest BCUT2D eigenvalue weighted by atomic mass is 16.5. The first-order valence-corrected chi connectivity index (χ1v) is 4.34. The van der Waals surface area contributed by atoms with Crippen molar-refractivity contribution in [3.63, 3.8) is 0 Å². The van der Waals surface area contributed by atoms with Crippen LogP contribution in [0.15, 0.2) is 18.2 Å². The number of hydrogen-bond donors (Lipinski definition) is 2. The molecule has 0 saturated heterocycles. The zero-order valence-corrected chi connectivity index (χ0v) is 8.63. The number of hydrazine groups is 1. The largest absolute Gasteiger partial charge is 0.452 e. The van der Waals surface area contributed by atoms with E-state index in [9.17, 15) is 4.79 Å². The van der Waals surface area contributed by atoms with Crippen molar-refractivity contribution in [1.29, 1.82) is 0 Å². The lowest BCUT2D eigenvalue weighted by atomic mass is 10.1. The van der Waals surface area contributed by atoms with Gasteiger partial charge >= 0.3 is 6.09 Å². The maximum Gasteiger partial charge on any atom is 0.425 e. The zero-order valence-electron chi connectivity index (χ0n) is 8.63. The van der Waals surface area contributed by atoms with E-state index in [2.05, 4.69) is 21.5 Å². The van der Waals surface area contributed by atoms with Crippen LogP contribution in [0.3, 0.4) is 0 Å². The van der Waals surface area contributed by atoms with Crippen LogP contribution in [0.25, 0.3) is 0 Å². The highest BCUT2D eigenvalue weighted by Gasteiger charge is 2.01. The van der Waals surface area contributed by atoms with Crippen molar-refractivity contribution in [2.24, 2.45) is 0 Å². The molecule has 0 aliphatic rings. The number of nitrogens with one attached hydrogen (secondary N) is 2. The second-order valence-electron chi connectivity index (χ2n) is 2.92. The van der Waals surface area contributed by atoms with Crippen LogP contribution in [-0.4, -0.2) is 13.2 Å². The van der Waals surface area contributed by atoms with E-state index < -0.39 is 6.09 Å². The Morgan fingerprint density at radius 2 is 2.27 bits per heavy atom. The van der Waals surface area contributed by atoms with Gasteiger partial charge in [0.05, 0.1) is 12.8 Å². The van der Waals surface area contributed by atoms with Crippen LogP contribution in [0, 0.1) is 19.3 Å². The van der Waals surface area contributed by atoms with Gasteiger partial charge in [0.1, 0.15) is 0 Å². The number of ether oxygens (including phenoxy) is 1. The van der Waals surface area contributed by atoms with Crippen molar-refractivity contribution in [3.05, 3.63) is 29.3 Å². The molecule has 0 bridgehead atoms. The highest BCUT2D eigenvalue weighted by molar-refractivity contribution is 5.70. The quantitative estimate of drug-likeness (QED) is 0.569. The van der Waals surface area contributed by atoms with Gasteiger partial charge in [-0.3, -0.25) is 5.43 Å². The van der Waals surface area contributed by atoms with Gasteiger partial charge in [-0.05, 0) is 24.6 Å². The first kappa shape index (κ1) is 10.9. The third-order valence-electron chi connectivity index (χ3n) is 1.89. The monoisotopic (exact) mass is 204 g/mol. The van der Waals surface area contributed by atoms with Gasteiger partial charge in [-0.25, -0.2) is 10.2 Å². The van der Waals surface area contributed by atoms with Crippen molar-refractivity contribution in [1.82, 2.24) is 5.43 Å². The van der Waals surface area contributed by atoms with Crippen molar-refractivity contribution < 1.29 is 9.53 Å². The summed E-state index contributed by atoms with van der Waals surface area (Å²) >= 11 is 0. The molecule has 4 nitrogen and oxygen atoms in total. The van der Waals surface area contributed by atoms with Crippen LogP contribution in [-0.2, 0) is 4.74 Å². The fraction of sp³-hybridized carbons (Fsp3) is 0.182. The number of hydrogen-bond acceptors (Lipinski definition) is 3. The number of amides is 1. The molecule has 0 radical (unpaired) electrons. The van der Waals surface area contributed by atoms with Gasteiger partial charge in [0.2, 0.25) is 0 Å². The molecule has 0 saturated carbocycles. The molecule has 1 aromatic carbocycles. The lowest BCUT2D eigenvalue weighted by Crippen LogP contribution is -2.29. The highest BCUT2D eigenvalue weighted by Crippen LogP contribution is 2.15. The predicted octanol–water partition coefficient (Wildman–Crippen LogP) is 1.66. The van der Waals surface area contributed by atoms with Crippen LogP contribution in [0.5, 0.6) is 0 Å². The molecule has 1 rings (SSSR count). The molecular weight excluding hydrogens is 192 g/mol. The third-order valence-corrected chi connectivity index (χ3v) is 1.89. The summed E-state index contributed by atoms with van der Waals surface area (Å²) in [7, 11) is 1.29. The second-order valence-corrected chi connectivity index (χ2v) is 2.92. The Labute approximate surface area is 88.6 Å². The van der Waals surface area contributed by atoms with Crippen LogP contribution < -0.4 is 10.9 Å². The summed E-state index contributed by atoms with van der Waals surface area (Å²) < 4.78 is 4.42. The Kier molecular flexibility index (Phi) is 3.58. The number of terminal acetylenes is 1. The van der Waals surface area contributed by atoms with Gasteiger partial charge in [-0.15, -0.1) is 6.42 Å². The number of rotatable bonds is 2. The van der Waals surface area contributed by atoms with E-state index in [-0.39, 0.29) is 0 Å². The van der Waals surface area contributed by atoms with Crippen molar-refractivity contribution in [3.8, 4) is 12.3 Å². The topological polar surface area (TPSA) is 50.4 Å². The van der Waals surface area contributed by atoms with Gasteiger partial charge in [0, 0.05) is 5.56 Å². The van der Waals surface area contributed by atoms with Gasteiger partial charge in [-0.1, -0.05) is 12.0 Å². The van der Waals surface area contributed by atoms with Gasteiger partial charge in [0.25, 0.3) is 0 Å². The minimum absolute atomic E-state index is 0.555. The summed E-state index contributed by atoms with van der Waals surface area (Å²) in [5.41, 5.74) is 7.55. The summed E-state index contributed by atoms with van der Waals surface area (Å²) in [6.07, 6.45) is 4.71. The number of carbonyl (C=O) groups excluding carboxylic acids is 1. The lowest BCUT2D eigenvalue weighted by molar-refractivity contribution is 0.173. The van der Waals surface area contributed by atoms with Crippen molar-refractivity contribution >= 4 is 11.8 Å². The molecule has 1 amide bonds. The molecule has 0 heterocycles. The number of carbonyl (C=O) groups is 1. The Balaban J connectivity index is 2.76. The number of aryl methyl sites for hydroxylation is 1. The SMILES string of the molecule is C#Cc1ccc(C)c(NNC(=O)OC)c1. The fourth-order valence-electron chi connectivity index (χ4n) is 1.02. The van der Waals surface area contributed by atoms with Crippen molar-refractivity contribution in [2.45, 2.75) is 6.92 Å². The average Bonchev–Trinajstić information content (AvgIpc) is 2.27. The maximum absolute atomic E-state index is 10.8. The molecule has 4 heteroatoms. The predicted molar refractivity (Wildman–Crippen MR) is 58.3 cm³/mol. The Hall–Kier alpha value is -2.15. The average molecular weight is 204 g/mol. The Bertz CT molecular complexity index is 408. The molecule has 0 unspecified atom stereocenters. The molecule has 15 heavy (non-hydrogen) atoms. The Morgan fingerprint density at radius 1 is 1.53 bits per heavy atom. The zero-order chi connectivity index (χ0) is 11.3. The second kappa shape index (κ2) is 4.91. The first-order valence-electron chi connectivity index (χ1n) is 4.34. The Morgan fingerprint density at radius 3 is 2.87 bits per heavy atom. The van der Waals surface area contributed by atoms with E-state index in [1.165, 1.54) is 7.11 Å². The molecule has 2 N–H and O–H groups in total. The standard InChI is InChI=1S/C11H12N2O2/c1-4-9-6-5-8(2)10(7-9)12-13-11(14)15-3/h1,5-7,12H,2-3H3,(H,13,14). The molecule has 0 spiro atoms. The number of benzene rings is 1. The van der Waals surface area contributed by atoms with E-state index in [1.807, 2.05) is 19.1 Å². The molecule has 78 valence electrons. The summed E-state index contributed by atoms with van der Waals surface area (Å²) in [5, 5.41) is 0. The molecule has 0 fully saturated rings. The smallest absolute Gasteiger partial charge is 0.425 e. The minimum Gasteiger partial charge on any atom is -0.452 e. The van der Waals surface area contributed by atoms with Crippen LogP contribution in [0.2, 0.25) is 0 Å². The van der Waals surface area contributed by atoms with Crippen molar-refractivity contribution in [2.75, 3.05) is 12.5 Å². The van der Waals surface area contributed by atoms with Crippen LogP contribution in [0.1, 0.15) is 11.1 Å². The van der Waals surface area contributed by atoms with Gasteiger partial charge in [-0.2, -0.15) is 0 Å². The van der Waals surface area contributed by atoms with Crippen LogP contribution >= 0.6 is 0 Å². The molecule has 1 aromatic rings. The van der Waals surface area contributed by atoms with E-state index in [4.69, 9.17) is 6.42 Å². The molecule has 0 aromatic heterocycles. The summed E-state index contributed by atoms with van der Waals surface area (Å²) in [6, 6.07) is 5.47. The summed E-state index contributed by atoms with van der Waals surface area (Å²) in [5.74, 6) is 2.51. The first-order chi connectivity index (χ1) is 7.17. The minimum atomic E-state index is -0.555.